The predicted octanol–water partition coefficient (Wildman–Crippen LogP) is 3.33. The molecule has 1 aromatic heterocycles. The number of rotatable bonds is 3. The molecule has 0 aliphatic carbocycles. The van der Waals surface area contributed by atoms with Crippen molar-refractivity contribution >= 4 is 11.5 Å². The lowest BCUT2D eigenvalue weighted by Gasteiger charge is -2.24. The molecule has 3 N–H and O–H groups in total. The first kappa shape index (κ1) is 15.5. The Hall–Kier alpha value is -2.43. The third-order valence-electron chi connectivity index (χ3n) is 4.36. The van der Waals surface area contributed by atoms with Crippen molar-refractivity contribution in [1.82, 2.24) is 4.98 Å². The number of hydrogen-bond donors (Lipinski definition) is 2. The molecular weight excluding hydrogens is 291 g/mol. The van der Waals surface area contributed by atoms with Gasteiger partial charge in [-0.3, -0.25) is 5.41 Å². The molecule has 0 bridgehead atoms. The maximum atomic E-state index is 14.3. The standard InChI is InChI=1S/C18H21FN4/c1-11-7-8-23(10-11)16-9-15(18(20)21)22-12(2)17(16)13-5-3-4-6-14(13)19/h3-6,9,11H,7-8,10H2,1-2H3,(H3,20,21). The number of nitrogens with two attached hydrogens (primary N) is 1. The highest BCUT2D eigenvalue weighted by molar-refractivity contribution is 5.96. The number of amidine groups is 1. The van der Waals surface area contributed by atoms with E-state index in [1.54, 1.807) is 12.1 Å². The third kappa shape index (κ3) is 2.91. The van der Waals surface area contributed by atoms with Gasteiger partial charge in [-0.05, 0) is 31.4 Å². The smallest absolute Gasteiger partial charge is 0.141 e. The van der Waals surface area contributed by atoms with E-state index in [0.29, 0.717) is 22.9 Å². The molecule has 1 fully saturated rings. The molecule has 1 saturated heterocycles. The fraction of sp³-hybridized carbons (Fsp3) is 0.333. The van der Waals surface area contributed by atoms with Gasteiger partial charge in [-0.15, -0.1) is 0 Å². The molecule has 1 aromatic carbocycles. The van der Waals surface area contributed by atoms with Gasteiger partial charge in [0.2, 0.25) is 0 Å². The van der Waals surface area contributed by atoms with E-state index in [1.165, 1.54) is 6.07 Å². The first-order valence-corrected chi connectivity index (χ1v) is 7.83. The quantitative estimate of drug-likeness (QED) is 0.675. The Morgan fingerprint density at radius 3 is 2.74 bits per heavy atom. The molecule has 5 heteroatoms. The Morgan fingerprint density at radius 1 is 1.39 bits per heavy atom. The molecule has 1 aliphatic heterocycles. The molecule has 0 spiro atoms. The molecule has 120 valence electrons. The maximum absolute atomic E-state index is 14.3. The minimum Gasteiger partial charge on any atom is -0.382 e. The number of nitrogens with one attached hydrogen (secondary N) is 1. The molecule has 1 aliphatic rings. The Balaban J connectivity index is 2.21. The molecule has 0 saturated carbocycles. The summed E-state index contributed by atoms with van der Waals surface area (Å²) in [5, 5.41) is 7.68. The summed E-state index contributed by atoms with van der Waals surface area (Å²) < 4.78 is 14.3. The lowest BCUT2D eigenvalue weighted by Crippen LogP contribution is -2.22. The van der Waals surface area contributed by atoms with Gasteiger partial charge in [-0.2, -0.15) is 0 Å². The van der Waals surface area contributed by atoms with Gasteiger partial charge in [0.05, 0.1) is 0 Å². The van der Waals surface area contributed by atoms with E-state index in [0.717, 1.165) is 30.8 Å². The summed E-state index contributed by atoms with van der Waals surface area (Å²) in [4.78, 5) is 6.64. The summed E-state index contributed by atoms with van der Waals surface area (Å²) >= 11 is 0. The molecule has 1 unspecified atom stereocenters. The molecule has 0 radical (unpaired) electrons. The fourth-order valence-electron chi connectivity index (χ4n) is 3.19. The number of anilines is 1. The highest BCUT2D eigenvalue weighted by atomic mass is 19.1. The lowest BCUT2D eigenvalue weighted by molar-refractivity contribution is 0.631. The van der Waals surface area contributed by atoms with Gasteiger partial charge < -0.3 is 10.6 Å². The normalized spacial score (nSPS) is 17.5. The van der Waals surface area contributed by atoms with E-state index >= 15 is 0 Å². The summed E-state index contributed by atoms with van der Waals surface area (Å²) in [7, 11) is 0. The first-order chi connectivity index (χ1) is 11.0. The number of nitrogen functional groups attached to an aromatic ring is 1. The summed E-state index contributed by atoms with van der Waals surface area (Å²) in [6.45, 7) is 5.89. The van der Waals surface area contributed by atoms with Crippen LogP contribution in [-0.2, 0) is 0 Å². The molecule has 1 atom stereocenters. The van der Waals surface area contributed by atoms with Crippen LogP contribution in [-0.4, -0.2) is 23.9 Å². The van der Waals surface area contributed by atoms with Crippen LogP contribution in [0.3, 0.4) is 0 Å². The minimum atomic E-state index is -0.263. The zero-order valence-electron chi connectivity index (χ0n) is 13.4. The number of aryl methyl sites for hydroxylation is 1. The van der Waals surface area contributed by atoms with Gasteiger partial charge in [0.15, 0.2) is 0 Å². The van der Waals surface area contributed by atoms with Crippen LogP contribution in [0.5, 0.6) is 0 Å². The summed E-state index contributed by atoms with van der Waals surface area (Å²) in [5.74, 6) is 0.265. The van der Waals surface area contributed by atoms with Gasteiger partial charge >= 0.3 is 0 Å². The number of aromatic nitrogens is 1. The SMILES string of the molecule is Cc1nc(C(=N)N)cc(N2CCC(C)C2)c1-c1ccccc1F. The van der Waals surface area contributed by atoms with Crippen LogP contribution in [0, 0.1) is 24.1 Å². The highest BCUT2D eigenvalue weighted by Gasteiger charge is 2.25. The number of pyridine rings is 1. The van der Waals surface area contributed by atoms with Crippen LogP contribution >= 0.6 is 0 Å². The van der Waals surface area contributed by atoms with Gasteiger partial charge in [-0.1, -0.05) is 25.1 Å². The van der Waals surface area contributed by atoms with Crippen LogP contribution in [0.4, 0.5) is 10.1 Å². The van der Waals surface area contributed by atoms with Crippen molar-refractivity contribution < 1.29 is 4.39 Å². The zero-order chi connectivity index (χ0) is 16.6. The molecule has 4 nitrogen and oxygen atoms in total. The Morgan fingerprint density at radius 2 is 2.13 bits per heavy atom. The number of nitrogens with zero attached hydrogens (tertiary/aromatic N) is 2. The predicted molar refractivity (Wildman–Crippen MR) is 91.4 cm³/mol. The first-order valence-electron chi connectivity index (χ1n) is 7.83. The Kier molecular flexibility index (Phi) is 4.03. The van der Waals surface area contributed by atoms with Crippen molar-refractivity contribution in [1.29, 1.82) is 5.41 Å². The van der Waals surface area contributed by atoms with E-state index in [9.17, 15) is 4.39 Å². The highest BCUT2D eigenvalue weighted by Crippen LogP contribution is 2.37. The van der Waals surface area contributed by atoms with Crippen LogP contribution < -0.4 is 10.6 Å². The van der Waals surface area contributed by atoms with Crippen molar-refractivity contribution in [3.63, 3.8) is 0 Å². The van der Waals surface area contributed by atoms with Crippen molar-refractivity contribution in [3.05, 3.63) is 47.5 Å². The number of benzene rings is 1. The molecular formula is C18H21FN4. The second kappa shape index (κ2) is 5.99. The molecule has 3 rings (SSSR count). The van der Waals surface area contributed by atoms with Gasteiger partial charge in [0.25, 0.3) is 0 Å². The minimum absolute atomic E-state index is 0.0679. The van der Waals surface area contributed by atoms with Crippen molar-refractivity contribution in [3.8, 4) is 11.1 Å². The maximum Gasteiger partial charge on any atom is 0.141 e. The average Bonchev–Trinajstić information content (AvgIpc) is 2.94. The van der Waals surface area contributed by atoms with Crippen LogP contribution in [0.2, 0.25) is 0 Å². The van der Waals surface area contributed by atoms with Gasteiger partial charge in [0.1, 0.15) is 17.3 Å². The van der Waals surface area contributed by atoms with Gasteiger partial charge in [0, 0.05) is 35.6 Å². The van der Waals surface area contributed by atoms with Crippen LogP contribution in [0.15, 0.2) is 30.3 Å². The van der Waals surface area contributed by atoms with Crippen molar-refractivity contribution in [2.75, 3.05) is 18.0 Å². The lowest BCUT2D eigenvalue weighted by atomic mass is 10.00. The Bertz CT molecular complexity index is 757. The molecule has 0 amide bonds. The van der Waals surface area contributed by atoms with Crippen LogP contribution in [0.1, 0.15) is 24.7 Å². The number of hydrogen-bond acceptors (Lipinski definition) is 3. The second-order valence-corrected chi connectivity index (χ2v) is 6.22. The topological polar surface area (TPSA) is 66.0 Å². The largest absolute Gasteiger partial charge is 0.382 e. The number of halogens is 1. The zero-order valence-corrected chi connectivity index (χ0v) is 13.4. The summed E-state index contributed by atoms with van der Waals surface area (Å²) in [6, 6.07) is 8.56. The third-order valence-corrected chi connectivity index (χ3v) is 4.36. The van der Waals surface area contributed by atoms with Crippen LogP contribution in [0.25, 0.3) is 11.1 Å². The van der Waals surface area contributed by atoms with Crippen molar-refractivity contribution in [2.24, 2.45) is 11.7 Å². The summed E-state index contributed by atoms with van der Waals surface area (Å²) in [6.07, 6.45) is 1.10. The summed E-state index contributed by atoms with van der Waals surface area (Å²) in [5.41, 5.74) is 9.01. The fourth-order valence-corrected chi connectivity index (χ4v) is 3.19. The van der Waals surface area contributed by atoms with E-state index in [-0.39, 0.29) is 11.7 Å². The molecule has 2 aromatic rings. The van der Waals surface area contributed by atoms with E-state index in [1.807, 2.05) is 19.1 Å². The van der Waals surface area contributed by atoms with E-state index in [2.05, 4.69) is 16.8 Å². The van der Waals surface area contributed by atoms with Gasteiger partial charge in [-0.25, -0.2) is 9.37 Å². The average molecular weight is 312 g/mol. The monoisotopic (exact) mass is 312 g/mol. The Labute approximate surface area is 135 Å². The van der Waals surface area contributed by atoms with E-state index < -0.39 is 0 Å². The van der Waals surface area contributed by atoms with Crippen molar-refractivity contribution in [2.45, 2.75) is 20.3 Å². The second-order valence-electron chi connectivity index (χ2n) is 6.22. The van der Waals surface area contributed by atoms with E-state index in [4.69, 9.17) is 11.1 Å². The molecule has 2 heterocycles. The molecule has 23 heavy (non-hydrogen) atoms.